The van der Waals surface area contributed by atoms with Crippen LogP contribution in [0.4, 0.5) is 10.1 Å². The summed E-state index contributed by atoms with van der Waals surface area (Å²) in [7, 11) is 0. The highest BCUT2D eigenvalue weighted by molar-refractivity contribution is 6.18. The second-order valence-corrected chi connectivity index (χ2v) is 9.55. The van der Waals surface area contributed by atoms with E-state index in [9.17, 15) is 14.0 Å². The Bertz CT molecular complexity index is 1890. The second-order valence-electron chi connectivity index (χ2n) is 9.55. The normalized spacial score (nSPS) is 14.2. The van der Waals surface area contributed by atoms with Gasteiger partial charge in [0.25, 0.3) is 11.5 Å². The van der Waals surface area contributed by atoms with Gasteiger partial charge in [-0.05, 0) is 54.6 Å². The van der Waals surface area contributed by atoms with Gasteiger partial charge in [-0.3, -0.25) is 19.0 Å². The molecular weight excluding hydrogens is 483 g/mol. The first-order chi connectivity index (χ1) is 18.6. The zero-order chi connectivity index (χ0) is 25.8. The summed E-state index contributed by atoms with van der Waals surface area (Å²) in [5.41, 5.74) is 3.23. The second kappa shape index (κ2) is 8.69. The van der Waals surface area contributed by atoms with Gasteiger partial charge in [0.1, 0.15) is 11.6 Å². The van der Waals surface area contributed by atoms with Crippen molar-refractivity contribution in [1.82, 2.24) is 14.3 Å². The van der Waals surface area contributed by atoms with Crippen molar-refractivity contribution in [1.29, 1.82) is 0 Å². The van der Waals surface area contributed by atoms with Crippen LogP contribution < -0.4 is 15.2 Å². The first-order valence-corrected chi connectivity index (χ1v) is 12.6. The van der Waals surface area contributed by atoms with Gasteiger partial charge < -0.3 is 14.5 Å². The highest BCUT2D eigenvalue weighted by Gasteiger charge is 2.22. The number of carbonyl (C=O) groups excluding carboxylic acids is 1. The van der Waals surface area contributed by atoms with Crippen molar-refractivity contribution in [2.75, 3.05) is 37.7 Å². The molecule has 1 saturated heterocycles. The van der Waals surface area contributed by atoms with Gasteiger partial charge in [0.15, 0.2) is 6.61 Å². The maximum Gasteiger partial charge on any atom is 0.263 e. The number of piperazine rings is 1. The molecule has 0 spiro atoms. The van der Waals surface area contributed by atoms with Crippen molar-refractivity contribution in [3.05, 3.63) is 95.2 Å². The van der Waals surface area contributed by atoms with Gasteiger partial charge in [-0.2, -0.15) is 0 Å². The fraction of sp³-hybridized carbons (Fsp3) is 0.167. The van der Waals surface area contributed by atoms with Crippen molar-refractivity contribution in [2.24, 2.45) is 0 Å². The predicted molar refractivity (Wildman–Crippen MR) is 146 cm³/mol. The molecule has 188 valence electrons. The Hall–Kier alpha value is -4.72. The van der Waals surface area contributed by atoms with E-state index < -0.39 is 0 Å². The lowest BCUT2D eigenvalue weighted by atomic mass is 10.1. The number of anilines is 1. The number of benzene rings is 3. The summed E-state index contributed by atoms with van der Waals surface area (Å²) < 4.78 is 20.9. The van der Waals surface area contributed by atoms with Crippen molar-refractivity contribution in [3.8, 4) is 5.75 Å². The maximum atomic E-state index is 13.4. The van der Waals surface area contributed by atoms with E-state index in [0.29, 0.717) is 37.3 Å². The third-order valence-electron chi connectivity index (χ3n) is 7.45. The van der Waals surface area contributed by atoms with Crippen LogP contribution in [0.2, 0.25) is 0 Å². The van der Waals surface area contributed by atoms with Crippen LogP contribution in [0.25, 0.3) is 38.1 Å². The van der Waals surface area contributed by atoms with E-state index in [2.05, 4.69) is 9.88 Å². The van der Waals surface area contributed by atoms with Crippen LogP contribution in [0.15, 0.2) is 83.8 Å². The summed E-state index contributed by atoms with van der Waals surface area (Å²) in [6.07, 6.45) is 1.76. The third-order valence-corrected chi connectivity index (χ3v) is 7.45. The summed E-state index contributed by atoms with van der Waals surface area (Å²) in [6, 6.07) is 21.4. The molecule has 1 amide bonds. The third kappa shape index (κ3) is 3.52. The van der Waals surface area contributed by atoms with Crippen molar-refractivity contribution < 1.29 is 13.9 Å². The highest BCUT2D eigenvalue weighted by Crippen LogP contribution is 2.34. The fourth-order valence-corrected chi connectivity index (χ4v) is 5.54. The topological polar surface area (TPSA) is 67.2 Å². The van der Waals surface area contributed by atoms with Crippen LogP contribution in [0.1, 0.15) is 0 Å². The number of fused-ring (bicyclic) bond motifs is 5. The number of carbonyl (C=O) groups is 1. The standard InChI is InChI=1S/C30H23FN4O3/c31-19-5-7-20(8-6-19)33-13-15-34(16-14-33)27(36)18-38-21-9-10-26-25(17-21)23-11-12-32-28-22-3-1-2-4-24(22)30(37)35(26)29(23)28/h1-12,17H,13-16,18H2. The summed E-state index contributed by atoms with van der Waals surface area (Å²) in [5.74, 6) is 0.225. The quantitative estimate of drug-likeness (QED) is 0.331. The number of pyridine rings is 2. The summed E-state index contributed by atoms with van der Waals surface area (Å²) in [4.78, 5) is 34.8. The Balaban J connectivity index is 1.13. The molecule has 6 aromatic rings. The molecule has 8 heteroatoms. The molecule has 1 fully saturated rings. The minimum atomic E-state index is -0.260. The largest absolute Gasteiger partial charge is 0.484 e. The molecule has 1 aliphatic rings. The number of halogens is 1. The van der Waals surface area contributed by atoms with Crippen LogP contribution >= 0.6 is 0 Å². The van der Waals surface area contributed by atoms with Gasteiger partial charge in [-0.15, -0.1) is 0 Å². The summed E-state index contributed by atoms with van der Waals surface area (Å²) in [6.45, 7) is 2.43. The molecule has 3 aromatic heterocycles. The molecule has 0 atom stereocenters. The number of rotatable bonds is 4. The molecule has 0 aliphatic carbocycles. The molecule has 1 aliphatic heterocycles. The van der Waals surface area contributed by atoms with Gasteiger partial charge in [-0.25, -0.2) is 4.39 Å². The van der Waals surface area contributed by atoms with Crippen LogP contribution in [0, 0.1) is 5.82 Å². The molecule has 0 saturated carbocycles. The number of ether oxygens (including phenoxy) is 1. The summed E-state index contributed by atoms with van der Waals surface area (Å²) in [5, 5.41) is 3.26. The smallest absolute Gasteiger partial charge is 0.263 e. The molecule has 0 bridgehead atoms. The van der Waals surface area contributed by atoms with E-state index in [4.69, 9.17) is 4.74 Å². The Morgan fingerprint density at radius 2 is 1.63 bits per heavy atom. The highest BCUT2D eigenvalue weighted by atomic mass is 19.1. The maximum absolute atomic E-state index is 13.4. The molecule has 3 aromatic carbocycles. The van der Waals surface area contributed by atoms with Crippen molar-refractivity contribution >= 4 is 49.7 Å². The Morgan fingerprint density at radius 1 is 0.868 bits per heavy atom. The molecule has 0 radical (unpaired) electrons. The SMILES string of the molecule is O=C(COc1ccc2c(c1)c1ccnc3c4ccccc4c(=O)n2c13)N1CCN(c2ccc(F)cc2)CC1. The van der Waals surface area contributed by atoms with Gasteiger partial charge in [0.05, 0.1) is 16.6 Å². The van der Waals surface area contributed by atoms with Gasteiger partial charge >= 0.3 is 0 Å². The lowest BCUT2D eigenvalue weighted by molar-refractivity contribution is -0.133. The van der Waals surface area contributed by atoms with Crippen LogP contribution in [0.5, 0.6) is 5.75 Å². The predicted octanol–water partition coefficient (Wildman–Crippen LogP) is 4.46. The number of nitrogens with zero attached hydrogens (tertiary/aromatic N) is 4. The van der Waals surface area contributed by atoms with Gasteiger partial charge in [0.2, 0.25) is 0 Å². The number of hydrogen-bond acceptors (Lipinski definition) is 5. The molecule has 0 unspecified atom stereocenters. The molecule has 7 nitrogen and oxygen atoms in total. The average molecular weight is 507 g/mol. The van der Waals surface area contributed by atoms with E-state index in [0.717, 1.165) is 38.4 Å². The van der Waals surface area contributed by atoms with Crippen molar-refractivity contribution in [2.45, 2.75) is 0 Å². The first-order valence-electron chi connectivity index (χ1n) is 12.6. The lowest BCUT2D eigenvalue weighted by Crippen LogP contribution is -2.50. The van der Waals surface area contributed by atoms with Crippen LogP contribution in [-0.4, -0.2) is 53.0 Å². The zero-order valence-corrected chi connectivity index (χ0v) is 20.4. The molecule has 38 heavy (non-hydrogen) atoms. The lowest BCUT2D eigenvalue weighted by Gasteiger charge is -2.36. The van der Waals surface area contributed by atoms with E-state index in [1.807, 2.05) is 42.5 Å². The van der Waals surface area contributed by atoms with E-state index >= 15 is 0 Å². The van der Waals surface area contributed by atoms with Gasteiger partial charge in [-0.1, -0.05) is 18.2 Å². The van der Waals surface area contributed by atoms with E-state index in [1.165, 1.54) is 12.1 Å². The van der Waals surface area contributed by atoms with E-state index in [1.54, 1.807) is 33.7 Å². The number of hydrogen-bond donors (Lipinski definition) is 0. The molecule has 4 heterocycles. The number of amides is 1. The first kappa shape index (κ1) is 22.5. The Morgan fingerprint density at radius 3 is 2.42 bits per heavy atom. The minimum Gasteiger partial charge on any atom is -0.484 e. The van der Waals surface area contributed by atoms with E-state index in [-0.39, 0.29) is 23.9 Å². The zero-order valence-electron chi connectivity index (χ0n) is 20.4. The van der Waals surface area contributed by atoms with Crippen LogP contribution in [0.3, 0.4) is 0 Å². The monoisotopic (exact) mass is 506 g/mol. The Labute approximate surface area is 216 Å². The fourth-order valence-electron chi connectivity index (χ4n) is 5.54. The Kier molecular flexibility index (Phi) is 5.14. The average Bonchev–Trinajstić information content (AvgIpc) is 3.30. The molecule has 0 N–H and O–H groups in total. The minimum absolute atomic E-state index is 0.0716. The van der Waals surface area contributed by atoms with Crippen LogP contribution in [-0.2, 0) is 4.79 Å². The molecule has 7 rings (SSSR count). The van der Waals surface area contributed by atoms with Crippen molar-refractivity contribution in [3.63, 3.8) is 0 Å². The summed E-state index contributed by atoms with van der Waals surface area (Å²) >= 11 is 0. The van der Waals surface area contributed by atoms with Gasteiger partial charge in [0, 0.05) is 59.6 Å². The number of aromatic nitrogens is 2. The molecular formula is C30H23FN4O3.